The fraction of sp³-hybridized carbons (Fsp3) is 1.00. The quantitative estimate of drug-likeness (QED) is 0.290. The summed E-state index contributed by atoms with van der Waals surface area (Å²) in [7, 11) is 0. The van der Waals surface area contributed by atoms with Crippen LogP contribution in [0.1, 0.15) is 13.8 Å². The average Bonchev–Trinajstić information content (AvgIpc) is 0.722. The van der Waals surface area contributed by atoms with Crippen LogP contribution in [0.25, 0.3) is 0 Å². The SMILES string of the molecule is CC(C)(N)O.[AlH3]. The molecule has 0 radical (unpaired) electrons. The zero-order valence-corrected chi connectivity index (χ0v) is 3.52. The van der Waals surface area contributed by atoms with Crippen molar-refractivity contribution in [3.63, 3.8) is 0 Å². The molecular weight excluding hydrogens is 93.0 g/mol. The largest absolute Gasteiger partial charge is 0.377 e. The van der Waals surface area contributed by atoms with Gasteiger partial charge in [0.15, 0.2) is 17.4 Å². The molecule has 0 aliphatic heterocycles. The van der Waals surface area contributed by atoms with Gasteiger partial charge in [-0.25, -0.2) is 0 Å². The molecule has 0 saturated heterocycles. The zero-order chi connectivity index (χ0) is 4.50. The van der Waals surface area contributed by atoms with Gasteiger partial charge in [-0.2, -0.15) is 0 Å². The Balaban J connectivity index is 0. The first-order valence-electron chi connectivity index (χ1n) is 1.51. The maximum Gasteiger partial charge on any atom is 0.187 e. The van der Waals surface area contributed by atoms with E-state index in [0.29, 0.717) is 0 Å². The maximum atomic E-state index is 8.30. The number of hydrogen-bond acceptors (Lipinski definition) is 2. The molecule has 2 nitrogen and oxygen atoms in total. The van der Waals surface area contributed by atoms with Crippen LogP contribution < -0.4 is 5.73 Å². The summed E-state index contributed by atoms with van der Waals surface area (Å²) in [6.07, 6.45) is 0. The lowest BCUT2D eigenvalue weighted by Gasteiger charge is -2.05. The molecule has 0 saturated carbocycles. The number of rotatable bonds is 0. The van der Waals surface area contributed by atoms with Crippen LogP contribution in [0.15, 0.2) is 0 Å². The molecule has 0 bridgehead atoms. The topological polar surface area (TPSA) is 46.2 Å². The van der Waals surface area contributed by atoms with Crippen molar-refractivity contribution in [2.45, 2.75) is 19.6 Å². The van der Waals surface area contributed by atoms with Crippen LogP contribution in [0, 0.1) is 0 Å². The van der Waals surface area contributed by atoms with Crippen LogP contribution in [-0.4, -0.2) is 28.2 Å². The Morgan fingerprint density at radius 2 is 1.50 bits per heavy atom. The lowest BCUT2D eigenvalue weighted by Crippen LogP contribution is -2.30. The Bertz CT molecular complexity index is 26.3. The standard InChI is InChI=1S/C3H9NO.Al.3H/c1-3(2,4)5;;;;/h5H,4H2,1-2H3;;;;. The van der Waals surface area contributed by atoms with Crippen LogP contribution in [0.3, 0.4) is 0 Å². The minimum Gasteiger partial charge on any atom is -0.377 e. The molecule has 0 unspecified atom stereocenters. The molecule has 3 N–H and O–H groups in total. The van der Waals surface area contributed by atoms with Crippen LogP contribution in [0.4, 0.5) is 0 Å². The Labute approximate surface area is 48.5 Å². The Morgan fingerprint density at radius 1 is 1.50 bits per heavy atom. The van der Waals surface area contributed by atoms with Gasteiger partial charge in [-0.3, -0.25) is 0 Å². The summed E-state index contributed by atoms with van der Waals surface area (Å²) in [4.78, 5) is 0. The molecule has 0 fully saturated rings. The highest BCUT2D eigenvalue weighted by atomic mass is 27.0. The van der Waals surface area contributed by atoms with E-state index in [4.69, 9.17) is 10.8 Å². The van der Waals surface area contributed by atoms with Crippen molar-refractivity contribution in [3.8, 4) is 0 Å². The molecular formula is C3H12AlNO. The minimum absolute atomic E-state index is 0. The molecule has 0 aliphatic rings. The van der Waals surface area contributed by atoms with Crippen LogP contribution in [0.2, 0.25) is 0 Å². The van der Waals surface area contributed by atoms with Gasteiger partial charge in [0.1, 0.15) is 5.72 Å². The van der Waals surface area contributed by atoms with E-state index in [2.05, 4.69) is 0 Å². The van der Waals surface area contributed by atoms with Crippen LogP contribution >= 0.6 is 0 Å². The zero-order valence-electron chi connectivity index (χ0n) is 3.52. The first kappa shape index (κ1) is 9.68. The van der Waals surface area contributed by atoms with Crippen molar-refractivity contribution >= 4 is 17.4 Å². The highest BCUT2D eigenvalue weighted by Gasteiger charge is 1.98. The molecule has 0 spiro atoms. The van der Waals surface area contributed by atoms with E-state index in [0.717, 1.165) is 0 Å². The third-order valence-electron chi connectivity index (χ3n) is 0. The second kappa shape index (κ2) is 2.60. The summed E-state index contributed by atoms with van der Waals surface area (Å²) < 4.78 is 0. The highest BCUT2D eigenvalue weighted by molar-refractivity contribution is 5.75. The Kier molecular flexibility index (Phi) is 4.19. The van der Waals surface area contributed by atoms with Gasteiger partial charge in [-0.1, -0.05) is 0 Å². The van der Waals surface area contributed by atoms with Gasteiger partial charge >= 0.3 is 0 Å². The third-order valence-corrected chi connectivity index (χ3v) is 0. The van der Waals surface area contributed by atoms with Gasteiger partial charge in [0, 0.05) is 0 Å². The van der Waals surface area contributed by atoms with Gasteiger partial charge in [0.05, 0.1) is 0 Å². The molecule has 6 heavy (non-hydrogen) atoms. The van der Waals surface area contributed by atoms with Crippen molar-refractivity contribution in [1.29, 1.82) is 0 Å². The summed E-state index contributed by atoms with van der Waals surface area (Å²) in [6.45, 7) is 3.04. The smallest absolute Gasteiger partial charge is 0.187 e. The Hall–Kier alpha value is 0.452. The van der Waals surface area contributed by atoms with Gasteiger partial charge < -0.3 is 10.8 Å². The Morgan fingerprint density at radius 3 is 1.50 bits per heavy atom. The molecule has 0 aromatic carbocycles. The normalized spacial score (nSPS) is 10.0. The lowest BCUT2D eigenvalue weighted by molar-refractivity contribution is 0.0881. The number of aliphatic hydroxyl groups is 1. The minimum atomic E-state index is -1.00. The first-order chi connectivity index (χ1) is 2.00. The van der Waals surface area contributed by atoms with E-state index >= 15 is 0 Å². The van der Waals surface area contributed by atoms with Gasteiger partial charge in [-0.15, -0.1) is 0 Å². The molecule has 0 amide bonds. The van der Waals surface area contributed by atoms with Gasteiger partial charge in [0.2, 0.25) is 0 Å². The molecule has 0 rings (SSSR count). The summed E-state index contributed by atoms with van der Waals surface area (Å²) in [5.74, 6) is 0. The summed E-state index contributed by atoms with van der Waals surface area (Å²) >= 11 is 0. The number of hydrogen-bond donors (Lipinski definition) is 2. The summed E-state index contributed by atoms with van der Waals surface area (Å²) in [6, 6.07) is 0. The first-order valence-corrected chi connectivity index (χ1v) is 1.51. The second-order valence-electron chi connectivity index (χ2n) is 1.65. The molecule has 3 heteroatoms. The van der Waals surface area contributed by atoms with Crippen molar-refractivity contribution in [1.82, 2.24) is 0 Å². The van der Waals surface area contributed by atoms with Crippen molar-refractivity contribution < 1.29 is 5.11 Å². The van der Waals surface area contributed by atoms with Gasteiger partial charge in [0.25, 0.3) is 0 Å². The highest BCUT2D eigenvalue weighted by Crippen LogP contribution is 1.82. The molecule has 0 heterocycles. The van der Waals surface area contributed by atoms with Crippen LogP contribution in [-0.2, 0) is 0 Å². The van der Waals surface area contributed by atoms with Crippen molar-refractivity contribution in [2.24, 2.45) is 5.73 Å². The molecule has 0 aliphatic carbocycles. The van der Waals surface area contributed by atoms with Gasteiger partial charge in [-0.05, 0) is 13.8 Å². The molecule has 0 aromatic rings. The molecule has 0 atom stereocenters. The number of nitrogens with two attached hydrogens (primary N) is 1. The monoisotopic (exact) mass is 105 g/mol. The summed E-state index contributed by atoms with van der Waals surface area (Å²) in [5, 5.41) is 8.30. The van der Waals surface area contributed by atoms with E-state index in [1.165, 1.54) is 13.8 Å². The second-order valence-corrected chi connectivity index (χ2v) is 1.65. The fourth-order valence-electron chi connectivity index (χ4n) is 0. The maximum absolute atomic E-state index is 8.30. The third kappa shape index (κ3) is 259. The van der Waals surface area contributed by atoms with E-state index in [1.54, 1.807) is 0 Å². The summed E-state index contributed by atoms with van der Waals surface area (Å²) in [5.41, 5.74) is 3.91. The average molecular weight is 105 g/mol. The van der Waals surface area contributed by atoms with E-state index in [9.17, 15) is 0 Å². The van der Waals surface area contributed by atoms with Crippen molar-refractivity contribution in [2.75, 3.05) is 0 Å². The fourth-order valence-corrected chi connectivity index (χ4v) is 0. The van der Waals surface area contributed by atoms with E-state index < -0.39 is 5.72 Å². The van der Waals surface area contributed by atoms with Crippen LogP contribution in [0.5, 0.6) is 0 Å². The van der Waals surface area contributed by atoms with Crippen molar-refractivity contribution in [3.05, 3.63) is 0 Å². The van der Waals surface area contributed by atoms with E-state index in [-0.39, 0.29) is 17.4 Å². The predicted octanol–water partition coefficient (Wildman–Crippen LogP) is -1.51. The predicted molar refractivity (Wildman–Crippen MR) is 30.4 cm³/mol. The molecule has 0 aromatic heterocycles. The lowest BCUT2D eigenvalue weighted by atomic mass is 10.4. The van der Waals surface area contributed by atoms with E-state index in [1.807, 2.05) is 0 Å². The molecule has 38 valence electrons.